The van der Waals surface area contributed by atoms with Crippen LogP contribution in [0.25, 0.3) is 88.4 Å². The number of rotatable bonds is 7. The molecular weight excluding hydrogens is 1320 g/mol. The van der Waals surface area contributed by atoms with Crippen molar-refractivity contribution in [1.29, 1.82) is 0 Å². The molecule has 5 heteroatoms. The van der Waals surface area contributed by atoms with Crippen molar-refractivity contribution in [3.63, 3.8) is 0 Å². The summed E-state index contributed by atoms with van der Waals surface area (Å²) in [6.07, 6.45) is 0. The van der Waals surface area contributed by atoms with Gasteiger partial charge in [-0.3, -0.25) is 0 Å². The Morgan fingerprint density at radius 2 is 0.541 bits per heavy atom. The van der Waals surface area contributed by atoms with E-state index in [1.54, 1.807) is 0 Å². The molecule has 0 bridgehead atoms. The van der Waals surface area contributed by atoms with Crippen molar-refractivity contribution in [3.8, 4) is 44.8 Å². The number of anilines is 6. The van der Waals surface area contributed by atoms with E-state index in [0.29, 0.717) is 0 Å². The van der Waals surface area contributed by atoms with E-state index in [9.17, 15) is 0 Å². The minimum Gasteiger partial charge on any atom is -0.311 e. The SMILES string of the molecule is CC(C)(C)c1cc(-c2ccc(N3c4ccc(-c5cc(C(C)(C)C)cc(C(C)(C)C)c5)cc4B4c5ccc6c(c5N(c5ccc(-c7cc(C(C)(C)C)cc(C(C)(C)C)c7)cc5)c5cc(-n7c8ccccc8c8ccccc87)cc3c54)c3ccccc3n6-c3cc(C(C)(C)C)cc(C(C)(C)C)c3)cc2)cc(C(C)(C)C)c1. The van der Waals surface area contributed by atoms with Gasteiger partial charge in [-0.05, 0) is 216 Å². The number of aromatic nitrogens is 2. The van der Waals surface area contributed by atoms with Crippen LogP contribution in [0, 0.1) is 0 Å². The summed E-state index contributed by atoms with van der Waals surface area (Å²) in [7, 11) is 0. The van der Waals surface area contributed by atoms with Crippen molar-refractivity contribution in [2.75, 3.05) is 9.80 Å². The van der Waals surface area contributed by atoms with Crippen LogP contribution in [-0.4, -0.2) is 15.8 Å². The molecule has 0 fully saturated rings. The maximum atomic E-state index is 2.71. The zero-order valence-electron chi connectivity index (χ0n) is 69.4. The second kappa shape index (κ2) is 25.2. The summed E-state index contributed by atoms with van der Waals surface area (Å²) in [6, 6.07) is 93.7. The summed E-state index contributed by atoms with van der Waals surface area (Å²) in [5, 5.41) is 4.90. The molecule has 109 heavy (non-hydrogen) atoms. The van der Waals surface area contributed by atoms with E-state index in [1.807, 2.05) is 0 Å². The van der Waals surface area contributed by atoms with Crippen molar-refractivity contribution in [3.05, 3.63) is 281 Å². The number of hydrogen-bond acceptors (Lipinski definition) is 2. The smallest absolute Gasteiger partial charge is 0.252 e. The first-order chi connectivity index (χ1) is 51.1. The molecule has 4 heterocycles. The molecular formula is C104H111BN4. The molecule has 0 saturated heterocycles. The lowest BCUT2D eigenvalue weighted by Gasteiger charge is -2.45. The van der Waals surface area contributed by atoms with E-state index >= 15 is 0 Å². The first kappa shape index (κ1) is 73.1. The normalized spacial score (nSPS) is 13.8. The number of hydrogen-bond donors (Lipinski definition) is 0. The highest BCUT2D eigenvalue weighted by Crippen LogP contribution is 2.52. The lowest BCUT2D eigenvalue weighted by Crippen LogP contribution is -2.61. The Hall–Kier alpha value is -10.1. The van der Waals surface area contributed by atoms with Crippen molar-refractivity contribution in [2.45, 2.75) is 209 Å². The number of para-hydroxylation sites is 3. The van der Waals surface area contributed by atoms with E-state index in [4.69, 9.17) is 0 Å². The van der Waals surface area contributed by atoms with Gasteiger partial charge in [0, 0.05) is 55.7 Å². The van der Waals surface area contributed by atoms with Crippen molar-refractivity contribution < 1.29 is 0 Å². The fraction of sp³-hybridized carbons (Fsp3) is 0.308. The predicted octanol–water partition coefficient (Wildman–Crippen LogP) is 27.3. The molecule has 14 aromatic rings. The monoisotopic (exact) mass is 1430 g/mol. The van der Waals surface area contributed by atoms with E-state index in [1.165, 1.54) is 155 Å². The Balaban J connectivity index is 1.05. The van der Waals surface area contributed by atoms with Crippen LogP contribution < -0.4 is 26.2 Å². The van der Waals surface area contributed by atoms with Crippen LogP contribution in [0.2, 0.25) is 0 Å². The van der Waals surface area contributed by atoms with Crippen LogP contribution in [0.4, 0.5) is 34.1 Å². The maximum Gasteiger partial charge on any atom is 0.252 e. The molecule has 0 saturated carbocycles. The third-order valence-electron chi connectivity index (χ3n) is 23.8. The van der Waals surface area contributed by atoms with Crippen LogP contribution in [0.5, 0.6) is 0 Å². The minimum absolute atomic E-state index is 0.0362. The van der Waals surface area contributed by atoms with E-state index < -0.39 is 0 Å². The summed E-state index contributed by atoms with van der Waals surface area (Å²) >= 11 is 0. The molecule has 4 nitrogen and oxygen atoms in total. The molecule has 16 rings (SSSR count). The third-order valence-corrected chi connectivity index (χ3v) is 23.8. The van der Waals surface area contributed by atoms with Gasteiger partial charge in [-0.15, -0.1) is 0 Å². The summed E-state index contributed by atoms with van der Waals surface area (Å²) in [6.45, 7) is 56.2. The summed E-state index contributed by atoms with van der Waals surface area (Å²) < 4.78 is 5.14. The molecule has 0 aliphatic carbocycles. The van der Waals surface area contributed by atoms with E-state index in [0.717, 1.165) is 28.4 Å². The largest absolute Gasteiger partial charge is 0.311 e. The summed E-state index contributed by atoms with van der Waals surface area (Å²) in [5.41, 5.74) is 35.1. The topological polar surface area (TPSA) is 16.3 Å². The Morgan fingerprint density at radius 3 is 0.945 bits per heavy atom. The molecule has 2 aliphatic rings. The Morgan fingerprint density at radius 1 is 0.220 bits per heavy atom. The lowest BCUT2D eigenvalue weighted by molar-refractivity contribution is 0.567. The molecule has 0 atom stereocenters. The molecule has 12 aromatic carbocycles. The van der Waals surface area contributed by atoms with Gasteiger partial charge in [-0.25, -0.2) is 0 Å². The van der Waals surface area contributed by atoms with Crippen molar-refractivity contribution in [1.82, 2.24) is 9.13 Å². The molecule has 0 N–H and O–H groups in total. The van der Waals surface area contributed by atoms with E-state index in [-0.39, 0.29) is 50.0 Å². The van der Waals surface area contributed by atoms with Gasteiger partial charge < -0.3 is 18.9 Å². The van der Waals surface area contributed by atoms with Gasteiger partial charge in [-0.2, -0.15) is 0 Å². The van der Waals surface area contributed by atoms with Crippen LogP contribution in [-0.2, 0) is 43.3 Å². The van der Waals surface area contributed by atoms with Gasteiger partial charge in [0.15, 0.2) is 0 Å². The predicted molar refractivity (Wildman–Crippen MR) is 475 cm³/mol. The van der Waals surface area contributed by atoms with Crippen LogP contribution >= 0.6 is 0 Å². The van der Waals surface area contributed by atoms with Gasteiger partial charge in [-0.1, -0.05) is 324 Å². The van der Waals surface area contributed by atoms with Crippen LogP contribution in [0.1, 0.15) is 211 Å². The van der Waals surface area contributed by atoms with Crippen molar-refractivity contribution in [2.24, 2.45) is 0 Å². The molecule has 0 unspecified atom stereocenters. The van der Waals surface area contributed by atoms with Crippen molar-refractivity contribution >= 4 is 101 Å². The number of fused-ring (bicyclic) bond motifs is 11. The minimum atomic E-state index is -0.226. The maximum absolute atomic E-state index is 2.71. The second-order valence-electron chi connectivity index (χ2n) is 40.2. The fourth-order valence-electron chi connectivity index (χ4n) is 17.1. The van der Waals surface area contributed by atoms with Crippen LogP contribution in [0.3, 0.4) is 0 Å². The fourth-order valence-corrected chi connectivity index (χ4v) is 17.1. The molecule has 0 radical (unpaired) electrons. The van der Waals surface area contributed by atoms with Gasteiger partial charge in [0.25, 0.3) is 6.71 Å². The average molecular weight is 1430 g/mol. The Bertz CT molecular complexity index is 5810. The first-order valence-corrected chi connectivity index (χ1v) is 39.9. The molecule has 2 aliphatic heterocycles. The molecule has 0 amide bonds. The second-order valence-corrected chi connectivity index (χ2v) is 40.2. The summed E-state index contributed by atoms with van der Waals surface area (Å²) in [4.78, 5) is 5.34. The highest BCUT2D eigenvalue weighted by atomic mass is 15.2. The standard InChI is InChI=1S/C104H111BN4/c1-97(2,3)70-49-67(50-71(56-70)98(4,5)6)64-37-42-78(43-38-64)106-90-47-41-66(69-53-74(101(13,14)15)58-75(54-69)102(16,17)18)55-86(90)105-85-46-48-91-94(84-33-27-30-36-89(84)108(91)80-60-76(103(19,20)21)59-77(61-80)104(22,23)24)96(85)109(79-44-39-65(40-45-79)68-51-72(99(7,8)9)57-73(52-68)100(10,11)12)93-63-81(62-92(106)95(93)105)107-87-34-28-25-31-82(87)83-32-26-29-35-88(83)107/h25-63H,1-24H3. The average Bonchev–Trinajstić information content (AvgIpc) is 1.68. The Kier molecular flexibility index (Phi) is 16.9. The van der Waals surface area contributed by atoms with Crippen LogP contribution in [0.15, 0.2) is 237 Å². The van der Waals surface area contributed by atoms with Gasteiger partial charge in [0.1, 0.15) is 0 Å². The third kappa shape index (κ3) is 12.8. The quantitative estimate of drug-likeness (QED) is 0.148. The molecule has 550 valence electrons. The van der Waals surface area contributed by atoms with E-state index in [2.05, 4.69) is 422 Å². The number of nitrogens with zero attached hydrogens (tertiary/aromatic N) is 4. The lowest BCUT2D eigenvalue weighted by atomic mass is 9.33. The zero-order valence-corrected chi connectivity index (χ0v) is 69.4. The number of benzene rings is 12. The first-order valence-electron chi connectivity index (χ1n) is 39.9. The molecule has 0 spiro atoms. The summed E-state index contributed by atoms with van der Waals surface area (Å²) in [5.74, 6) is 0. The van der Waals surface area contributed by atoms with Gasteiger partial charge in [0.2, 0.25) is 0 Å². The van der Waals surface area contributed by atoms with Gasteiger partial charge >= 0.3 is 0 Å². The highest BCUT2D eigenvalue weighted by Gasteiger charge is 2.46. The Labute approximate surface area is 651 Å². The highest BCUT2D eigenvalue weighted by molar-refractivity contribution is 7.00. The zero-order chi connectivity index (χ0) is 77.5. The van der Waals surface area contributed by atoms with Gasteiger partial charge in [0.05, 0.1) is 33.4 Å². The molecule has 2 aromatic heterocycles.